The fraction of sp³-hybridized carbons (Fsp3) is 0.200. The molecule has 2 N–H and O–H groups in total. The van der Waals surface area contributed by atoms with Crippen molar-refractivity contribution in [2.75, 3.05) is 11.5 Å². The lowest BCUT2D eigenvalue weighted by atomic mass is 10.1. The summed E-state index contributed by atoms with van der Waals surface area (Å²) in [5, 5.41) is 0.314. The van der Waals surface area contributed by atoms with Crippen LogP contribution in [0.25, 0.3) is 0 Å². The number of benzene rings is 1. The first-order chi connectivity index (χ1) is 7.58. The van der Waals surface area contributed by atoms with Gasteiger partial charge in [-0.1, -0.05) is 29.4 Å². The van der Waals surface area contributed by atoms with E-state index in [0.29, 0.717) is 10.7 Å². The van der Waals surface area contributed by atoms with E-state index in [4.69, 9.17) is 17.3 Å². The van der Waals surface area contributed by atoms with E-state index in [0.717, 1.165) is 17.3 Å². The number of nitrogens with two attached hydrogens (primary N) is 1. The molecule has 6 heteroatoms. The molecule has 0 aromatic heterocycles. The van der Waals surface area contributed by atoms with Gasteiger partial charge in [0, 0.05) is 10.7 Å². The summed E-state index contributed by atoms with van der Waals surface area (Å²) >= 11 is 6.77. The van der Waals surface area contributed by atoms with Crippen LogP contribution in [0.15, 0.2) is 18.2 Å². The summed E-state index contributed by atoms with van der Waals surface area (Å²) in [6.07, 6.45) is 0. The molecular weight excluding hydrogens is 248 g/mol. The van der Waals surface area contributed by atoms with E-state index >= 15 is 0 Å². The van der Waals surface area contributed by atoms with Gasteiger partial charge in [-0.05, 0) is 17.7 Å². The molecule has 2 amide bonds. The van der Waals surface area contributed by atoms with E-state index < -0.39 is 0 Å². The molecule has 16 heavy (non-hydrogen) atoms. The zero-order valence-electron chi connectivity index (χ0n) is 8.27. The van der Waals surface area contributed by atoms with Gasteiger partial charge in [-0.15, -0.1) is 0 Å². The largest absolute Gasteiger partial charge is 0.398 e. The van der Waals surface area contributed by atoms with Gasteiger partial charge in [-0.2, -0.15) is 0 Å². The molecule has 1 saturated heterocycles. The summed E-state index contributed by atoms with van der Waals surface area (Å²) < 4.78 is 0. The van der Waals surface area contributed by atoms with Crippen LogP contribution in [0.4, 0.5) is 10.5 Å². The predicted molar refractivity (Wildman–Crippen MR) is 64.3 cm³/mol. The highest BCUT2D eigenvalue weighted by Crippen LogP contribution is 2.24. The molecule has 0 bridgehead atoms. The highest BCUT2D eigenvalue weighted by atomic mass is 35.5. The molecule has 2 rings (SSSR count). The Morgan fingerprint density at radius 2 is 2.19 bits per heavy atom. The molecule has 1 aliphatic heterocycles. The summed E-state index contributed by atoms with van der Waals surface area (Å²) in [6.45, 7) is 0.216. The number of thioether (sulfide) groups is 1. The number of carbonyl (C=O) groups excluding carboxylic acids is 2. The molecule has 4 nitrogen and oxygen atoms in total. The minimum atomic E-state index is -0.223. The van der Waals surface area contributed by atoms with Crippen molar-refractivity contribution in [3.8, 4) is 0 Å². The van der Waals surface area contributed by atoms with E-state index in [1.807, 2.05) is 0 Å². The molecule has 0 atom stereocenters. The molecule has 0 radical (unpaired) electrons. The smallest absolute Gasteiger partial charge is 0.289 e. The first-order valence-electron chi connectivity index (χ1n) is 4.59. The monoisotopic (exact) mass is 256 g/mol. The highest BCUT2D eigenvalue weighted by molar-refractivity contribution is 8.14. The fourth-order valence-corrected chi connectivity index (χ4v) is 2.32. The van der Waals surface area contributed by atoms with Crippen molar-refractivity contribution in [3.63, 3.8) is 0 Å². The third-order valence-corrected chi connectivity index (χ3v) is 3.37. The van der Waals surface area contributed by atoms with Crippen LogP contribution in [0.2, 0.25) is 5.02 Å². The van der Waals surface area contributed by atoms with Crippen LogP contribution in [-0.4, -0.2) is 21.8 Å². The van der Waals surface area contributed by atoms with Gasteiger partial charge in [0.15, 0.2) is 0 Å². The first-order valence-corrected chi connectivity index (χ1v) is 5.95. The topological polar surface area (TPSA) is 63.4 Å². The number of imide groups is 1. The third-order valence-electron chi connectivity index (χ3n) is 2.28. The Kier molecular flexibility index (Phi) is 3.07. The number of carbonyl (C=O) groups is 2. The van der Waals surface area contributed by atoms with Gasteiger partial charge in [0.1, 0.15) is 0 Å². The lowest BCUT2D eigenvalue weighted by molar-refractivity contribution is -0.125. The Bertz CT molecular complexity index is 448. The van der Waals surface area contributed by atoms with Gasteiger partial charge in [-0.3, -0.25) is 14.5 Å². The van der Waals surface area contributed by atoms with Gasteiger partial charge in [-0.25, -0.2) is 0 Å². The Morgan fingerprint density at radius 3 is 2.75 bits per heavy atom. The molecule has 0 aliphatic carbocycles. The molecule has 0 spiro atoms. The Hall–Kier alpha value is -1.20. The number of nitrogen functional groups attached to an aromatic ring is 1. The van der Waals surface area contributed by atoms with E-state index in [9.17, 15) is 9.59 Å². The zero-order valence-corrected chi connectivity index (χ0v) is 9.85. The van der Waals surface area contributed by atoms with Crippen LogP contribution >= 0.6 is 23.4 Å². The maximum atomic E-state index is 11.4. The van der Waals surface area contributed by atoms with Crippen LogP contribution in [0, 0.1) is 0 Å². The van der Waals surface area contributed by atoms with Crippen molar-refractivity contribution in [1.82, 2.24) is 4.90 Å². The molecule has 1 aromatic rings. The van der Waals surface area contributed by atoms with Crippen LogP contribution < -0.4 is 5.73 Å². The number of rotatable bonds is 2. The van der Waals surface area contributed by atoms with Crippen LogP contribution in [0.1, 0.15) is 5.56 Å². The normalized spacial score (nSPS) is 15.9. The number of halogens is 1. The van der Waals surface area contributed by atoms with E-state index in [1.54, 1.807) is 18.2 Å². The van der Waals surface area contributed by atoms with E-state index in [2.05, 4.69) is 0 Å². The Balaban J connectivity index is 2.20. The second-order valence-corrected chi connectivity index (χ2v) is 4.74. The van der Waals surface area contributed by atoms with Crippen molar-refractivity contribution in [3.05, 3.63) is 28.8 Å². The van der Waals surface area contributed by atoms with Gasteiger partial charge in [0.2, 0.25) is 5.91 Å². The Labute approximate surface area is 102 Å². The third kappa shape index (κ3) is 2.15. The summed E-state index contributed by atoms with van der Waals surface area (Å²) in [5.74, 6) is 0.0381. The van der Waals surface area contributed by atoms with Crippen molar-refractivity contribution in [2.45, 2.75) is 6.54 Å². The zero-order chi connectivity index (χ0) is 11.7. The van der Waals surface area contributed by atoms with Crippen molar-refractivity contribution >= 4 is 40.2 Å². The number of anilines is 1. The maximum absolute atomic E-state index is 11.4. The number of nitrogens with zero attached hydrogens (tertiary/aromatic N) is 1. The van der Waals surface area contributed by atoms with Gasteiger partial charge >= 0.3 is 0 Å². The molecule has 1 aliphatic rings. The lowest BCUT2D eigenvalue weighted by Crippen LogP contribution is -2.28. The van der Waals surface area contributed by atoms with Crippen molar-refractivity contribution in [1.29, 1.82) is 0 Å². The average Bonchev–Trinajstić information content (AvgIpc) is 2.53. The second-order valence-electron chi connectivity index (χ2n) is 3.38. The standard InChI is InChI=1S/C10H9ClN2O2S/c11-7-2-1-6(8(12)3-7)4-13-9(14)5-16-10(13)15/h1-3H,4-5,12H2. The number of amides is 2. The quantitative estimate of drug-likeness (QED) is 0.824. The van der Waals surface area contributed by atoms with Crippen molar-refractivity contribution < 1.29 is 9.59 Å². The first kappa shape index (κ1) is 11.3. The second kappa shape index (κ2) is 4.35. The summed E-state index contributed by atoms with van der Waals surface area (Å²) in [6, 6.07) is 5.02. The summed E-state index contributed by atoms with van der Waals surface area (Å²) in [7, 11) is 0. The summed E-state index contributed by atoms with van der Waals surface area (Å²) in [4.78, 5) is 24.0. The molecule has 0 saturated carbocycles. The van der Waals surface area contributed by atoms with Crippen LogP contribution in [0.5, 0.6) is 0 Å². The average molecular weight is 257 g/mol. The maximum Gasteiger partial charge on any atom is 0.289 e. The fourth-order valence-electron chi connectivity index (χ4n) is 1.41. The number of hydrogen-bond acceptors (Lipinski definition) is 4. The van der Waals surface area contributed by atoms with Gasteiger partial charge in [0.05, 0.1) is 12.3 Å². The Morgan fingerprint density at radius 1 is 1.44 bits per heavy atom. The van der Waals surface area contributed by atoms with Crippen LogP contribution in [-0.2, 0) is 11.3 Å². The highest BCUT2D eigenvalue weighted by Gasteiger charge is 2.30. The van der Waals surface area contributed by atoms with E-state index in [1.165, 1.54) is 4.90 Å². The molecule has 84 valence electrons. The predicted octanol–water partition coefficient (Wildman–Crippen LogP) is 2.12. The SMILES string of the molecule is Nc1cc(Cl)ccc1CN1C(=O)CSC1=O. The van der Waals surface area contributed by atoms with E-state index in [-0.39, 0.29) is 23.4 Å². The summed E-state index contributed by atoms with van der Waals surface area (Å²) in [5.41, 5.74) is 6.97. The number of hydrogen-bond donors (Lipinski definition) is 1. The van der Waals surface area contributed by atoms with Crippen molar-refractivity contribution in [2.24, 2.45) is 0 Å². The molecular formula is C10H9ClN2O2S. The minimum Gasteiger partial charge on any atom is -0.398 e. The molecule has 1 fully saturated rings. The molecule has 0 unspecified atom stereocenters. The van der Waals surface area contributed by atoms with Gasteiger partial charge < -0.3 is 5.73 Å². The molecule has 1 heterocycles. The van der Waals surface area contributed by atoms with Crippen LogP contribution in [0.3, 0.4) is 0 Å². The lowest BCUT2D eigenvalue weighted by Gasteiger charge is -2.14. The minimum absolute atomic E-state index is 0.177. The van der Waals surface area contributed by atoms with Gasteiger partial charge in [0.25, 0.3) is 5.24 Å². The molecule has 1 aromatic carbocycles.